The third-order valence-electron chi connectivity index (χ3n) is 4.00. The van der Waals surface area contributed by atoms with Crippen molar-refractivity contribution < 1.29 is 21.6 Å². The lowest BCUT2D eigenvalue weighted by Crippen LogP contribution is -2.45. The summed E-state index contributed by atoms with van der Waals surface area (Å²) >= 11 is 0. The molecule has 2 N–H and O–H groups in total. The van der Waals surface area contributed by atoms with E-state index in [1.165, 1.54) is 0 Å². The van der Waals surface area contributed by atoms with Crippen LogP contribution < -0.4 is 5.73 Å². The molecule has 1 aromatic carbocycles. The summed E-state index contributed by atoms with van der Waals surface area (Å²) in [5.41, 5.74) is 5.61. The summed E-state index contributed by atoms with van der Waals surface area (Å²) in [6.45, 7) is 2.64. The fraction of sp³-hybridized carbons (Fsp3) is 0.538. The normalized spacial score (nSPS) is 24.2. The van der Waals surface area contributed by atoms with E-state index in [0.29, 0.717) is 19.0 Å². The smallest absolute Gasteiger partial charge is 0.246 e. The molecule has 4 nitrogen and oxygen atoms in total. The zero-order chi connectivity index (χ0) is 15.8. The van der Waals surface area contributed by atoms with Crippen LogP contribution in [-0.4, -0.2) is 32.4 Å². The minimum atomic E-state index is -4.20. The molecule has 1 fully saturated rings. The van der Waals surface area contributed by atoms with Gasteiger partial charge >= 0.3 is 0 Å². The molecule has 1 aliphatic heterocycles. The van der Waals surface area contributed by atoms with E-state index in [-0.39, 0.29) is 24.9 Å². The lowest BCUT2D eigenvalue weighted by atomic mass is 9.88. The number of hydrogen-bond acceptors (Lipinski definition) is 3. The Morgan fingerprint density at radius 3 is 2.57 bits per heavy atom. The Morgan fingerprint density at radius 2 is 1.95 bits per heavy atom. The molecule has 0 spiro atoms. The van der Waals surface area contributed by atoms with Gasteiger partial charge in [-0.25, -0.2) is 21.6 Å². The fourth-order valence-corrected chi connectivity index (χ4v) is 4.06. The van der Waals surface area contributed by atoms with Crippen molar-refractivity contribution in [2.75, 3.05) is 19.6 Å². The van der Waals surface area contributed by atoms with Crippen LogP contribution in [0.3, 0.4) is 0 Å². The largest absolute Gasteiger partial charge is 0.330 e. The predicted octanol–water partition coefficient (Wildman–Crippen LogP) is 1.71. The van der Waals surface area contributed by atoms with E-state index in [0.717, 1.165) is 10.4 Å². The number of rotatable bonds is 3. The molecular formula is C13H17F3N2O2S. The van der Waals surface area contributed by atoms with Crippen LogP contribution >= 0.6 is 0 Å². The Balaban J connectivity index is 2.37. The van der Waals surface area contributed by atoms with Gasteiger partial charge in [-0.1, -0.05) is 6.92 Å². The van der Waals surface area contributed by atoms with Crippen molar-refractivity contribution in [2.24, 2.45) is 17.6 Å². The van der Waals surface area contributed by atoms with Gasteiger partial charge in [0, 0.05) is 13.1 Å². The van der Waals surface area contributed by atoms with E-state index in [1.807, 2.05) is 6.92 Å². The summed E-state index contributed by atoms with van der Waals surface area (Å²) in [4.78, 5) is -0.841. The first kappa shape index (κ1) is 16.3. The molecule has 1 saturated heterocycles. The van der Waals surface area contributed by atoms with Gasteiger partial charge in [-0.05, 0) is 36.9 Å². The Morgan fingerprint density at radius 1 is 1.29 bits per heavy atom. The molecule has 21 heavy (non-hydrogen) atoms. The summed E-state index contributed by atoms with van der Waals surface area (Å²) in [5, 5.41) is 0. The second kappa shape index (κ2) is 5.94. The molecule has 2 unspecified atom stereocenters. The van der Waals surface area contributed by atoms with Gasteiger partial charge in [0.2, 0.25) is 10.0 Å². The highest BCUT2D eigenvalue weighted by Gasteiger charge is 2.35. The summed E-state index contributed by atoms with van der Waals surface area (Å²) in [7, 11) is -4.20. The molecule has 2 rings (SSSR count). The second-order valence-electron chi connectivity index (χ2n) is 5.30. The summed E-state index contributed by atoms with van der Waals surface area (Å²) in [5.74, 6) is -4.66. The number of benzene rings is 1. The van der Waals surface area contributed by atoms with Gasteiger partial charge in [0.1, 0.15) is 4.90 Å². The van der Waals surface area contributed by atoms with Crippen LogP contribution in [0.15, 0.2) is 17.0 Å². The molecule has 0 saturated carbocycles. The average Bonchev–Trinajstić information content (AvgIpc) is 2.44. The van der Waals surface area contributed by atoms with E-state index >= 15 is 0 Å². The van der Waals surface area contributed by atoms with Crippen LogP contribution in [0.1, 0.15) is 13.3 Å². The molecule has 0 amide bonds. The summed E-state index contributed by atoms with van der Waals surface area (Å²) < 4.78 is 65.8. The van der Waals surface area contributed by atoms with Crippen LogP contribution in [0.4, 0.5) is 13.2 Å². The van der Waals surface area contributed by atoms with E-state index in [1.54, 1.807) is 0 Å². The lowest BCUT2D eigenvalue weighted by Gasteiger charge is -2.35. The van der Waals surface area contributed by atoms with Crippen molar-refractivity contribution in [2.45, 2.75) is 18.2 Å². The van der Waals surface area contributed by atoms with Crippen molar-refractivity contribution in [1.29, 1.82) is 0 Å². The molecule has 0 aliphatic carbocycles. The minimum absolute atomic E-state index is 0.0399. The molecule has 1 aliphatic rings. The van der Waals surface area contributed by atoms with Crippen LogP contribution in [0.5, 0.6) is 0 Å². The van der Waals surface area contributed by atoms with Crippen molar-refractivity contribution in [3.63, 3.8) is 0 Å². The third-order valence-corrected chi connectivity index (χ3v) is 5.88. The maximum Gasteiger partial charge on any atom is 0.246 e. The highest BCUT2D eigenvalue weighted by atomic mass is 32.2. The molecule has 1 aromatic rings. The van der Waals surface area contributed by atoms with Gasteiger partial charge < -0.3 is 5.73 Å². The third kappa shape index (κ3) is 2.93. The Labute approximate surface area is 121 Å². The molecule has 2 atom stereocenters. The molecule has 118 valence electrons. The minimum Gasteiger partial charge on any atom is -0.330 e. The molecule has 0 bridgehead atoms. The summed E-state index contributed by atoms with van der Waals surface area (Å²) in [6, 6.07) is 1.36. The fourth-order valence-electron chi connectivity index (χ4n) is 2.49. The highest BCUT2D eigenvalue weighted by Crippen LogP contribution is 2.29. The maximum atomic E-state index is 13.7. The van der Waals surface area contributed by atoms with Gasteiger partial charge in [-0.2, -0.15) is 4.31 Å². The molecule has 1 heterocycles. The van der Waals surface area contributed by atoms with Gasteiger partial charge in [0.15, 0.2) is 17.5 Å². The summed E-state index contributed by atoms with van der Waals surface area (Å²) in [6.07, 6.45) is 0.590. The topological polar surface area (TPSA) is 63.4 Å². The Kier molecular flexibility index (Phi) is 4.60. The van der Waals surface area contributed by atoms with Crippen LogP contribution in [0.2, 0.25) is 0 Å². The number of halogens is 3. The van der Waals surface area contributed by atoms with Crippen molar-refractivity contribution in [3.05, 3.63) is 29.6 Å². The first-order valence-electron chi connectivity index (χ1n) is 6.62. The molecule has 8 heteroatoms. The SMILES string of the molecule is CC1CCN(S(=O)(=O)c2ccc(F)c(F)c2F)CC1CN. The van der Waals surface area contributed by atoms with Crippen molar-refractivity contribution in [3.8, 4) is 0 Å². The van der Waals surface area contributed by atoms with Crippen LogP contribution in [0, 0.1) is 29.3 Å². The van der Waals surface area contributed by atoms with E-state index in [2.05, 4.69) is 0 Å². The van der Waals surface area contributed by atoms with E-state index in [9.17, 15) is 21.6 Å². The molecule has 0 radical (unpaired) electrons. The molecular weight excluding hydrogens is 305 g/mol. The Bertz CT molecular complexity index is 637. The Hall–Kier alpha value is -1.12. The first-order chi connectivity index (χ1) is 9.78. The highest BCUT2D eigenvalue weighted by molar-refractivity contribution is 7.89. The van der Waals surface area contributed by atoms with Crippen molar-refractivity contribution >= 4 is 10.0 Å². The predicted molar refractivity (Wildman–Crippen MR) is 71.4 cm³/mol. The van der Waals surface area contributed by atoms with Gasteiger partial charge in [-0.15, -0.1) is 0 Å². The van der Waals surface area contributed by atoms with Gasteiger partial charge in [-0.3, -0.25) is 0 Å². The van der Waals surface area contributed by atoms with Gasteiger partial charge in [0.05, 0.1) is 0 Å². The van der Waals surface area contributed by atoms with Gasteiger partial charge in [0.25, 0.3) is 0 Å². The van der Waals surface area contributed by atoms with E-state index in [4.69, 9.17) is 5.73 Å². The number of piperidine rings is 1. The second-order valence-corrected chi connectivity index (χ2v) is 7.20. The lowest BCUT2D eigenvalue weighted by molar-refractivity contribution is 0.202. The number of nitrogens with zero attached hydrogens (tertiary/aromatic N) is 1. The monoisotopic (exact) mass is 322 g/mol. The number of hydrogen-bond donors (Lipinski definition) is 1. The van der Waals surface area contributed by atoms with E-state index < -0.39 is 32.4 Å². The average molecular weight is 322 g/mol. The molecule has 0 aromatic heterocycles. The van der Waals surface area contributed by atoms with Crippen LogP contribution in [0.25, 0.3) is 0 Å². The standard InChI is InChI=1S/C13H17F3N2O2S/c1-8-4-5-18(7-9(8)6-17)21(19,20)11-3-2-10(14)12(15)13(11)16/h2-3,8-9H,4-7,17H2,1H3. The van der Waals surface area contributed by atoms with Crippen molar-refractivity contribution in [1.82, 2.24) is 4.31 Å². The zero-order valence-electron chi connectivity index (χ0n) is 11.5. The maximum absolute atomic E-state index is 13.7. The first-order valence-corrected chi connectivity index (χ1v) is 8.06. The number of sulfonamides is 1. The quantitative estimate of drug-likeness (QED) is 0.862. The number of nitrogens with two attached hydrogens (primary N) is 1. The zero-order valence-corrected chi connectivity index (χ0v) is 12.3. The van der Waals surface area contributed by atoms with Crippen LogP contribution in [-0.2, 0) is 10.0 Å².